The standard InChI is InChI=1S/C12H9Cl3F2N2O/c1-5-3-6(8(14)4-7(5)13)10-9(15)11(19(2)18-10)20-12(16)17/h3-4,12H,1-2H3. The van der Waals surface area contributed by atoms with Gasteiger partial charge in [-0.3, -0.25) is 0 Å². The largest absolute Gasteiger partial charge is 0.416 e. The fourth-order valence-corrected chi connectivity index (χ4v) is 2.48. The number of aryl methyl sites for hydroxylation is 2. The molecule has 0 aliphatic carbocycles. The number of halogens is 5. The molecule has 0 amide bonds. The molecule has 1 heterocycles. The maximum Gasteiger partial charge on any atom is 0.388 e. The van der Waals surface area contributed by atoms with Gasteiger partial charge in [0, 0.05) is 17.6 Å². The van der Waals surface area contributed by atoms with Gasteiger partial charge in [-0.15, -0.1) is 0 Å². The average molecular weight is 342 g/mol. The molecule has 0 atom stereocenters. The molecule has 0 saturated heterocycles. The topological polar surface area (TPSA) is 27.1 Å². The molecular formula is C12H9Cl3F2N2O. The normalized spacial score (nSPS) is 11.2. The first-order valence-corrected chi connectivity index (χ1v) is 6.58. The lowest BCUT2D eigenvalue weighted by molar-refractivity contribution is -0.0552. The molecule has 0 unspecified atom stereocenters. The molecule has 0 radical (unpaired) electrons. The predicted octanol–water partition coefficient (Wildman–Crippen LogP) is 4.96. The van der Waals surface area contributed by atoms with Gasteiger partial charge in [0.15, 0.2) is 0 Å². The summed E-state index contributed by atoms with van der Waals surface area (Å²) in [5, 5.41) is 4.85. The molecule has 0 aliphatic rings. The van der Waals surface area contributed by atoms with E-state index in [1.165, 1.54) is 7.05 Å². The van der Waals surface area contributed by atoms with Gasteiger partial charge >= 0.3 is 6.61 Å². The molecule has 0 saturated carbocycles. The molecule has 20 heavy (non-hydrogen) atoms. The maximum absolute atomic E-state index is 12.3. The molecule has 0 spiro atoms. The van der Waals surface area contributed by atoms with Crippen LogP contribution in [-0.2, 0) is 7.05 Å². The van der Waals surface area contributed by atoms with Gasteiger partial charge < -0.3 is 4.74 Å². The Bertz CT molecular complexity index is 659. The van der Waals surface area contributed by atoms with Crippen LogP contribution in [0.25, 0.3) is 11.3 Å². The Kier molecular flexibility index (Phi) is 4.42. The first-order chi connectivity index (χ1) is 9.31. The van der Waals surface area contributed by atoms with Gasteiger partial charge in [-0.2, -0.15) is 13.9 Å². The second-order valence-corrected chi connectivity index (χ2v) is 5.24. The Morgan fingerprint density at radius 1 is 1.20 bits per heavy atom. The van der Waals surface area contributed by atoms with E-state index in [2.05, 4.69) is 9.84 Å². The number of benzene rings is 1. The van der Waals surface area contributed by atoms with Crippen molar-refractivity contribution in [2.75, 3.05) is 0 Å². The van der Waals surface area contributed by atoms with E-state index < -0.39 is 6.61 Å². The number of hydrogen-bond donors (Lipinski definition) is 0. The Labute approximate surface area is 129 Å². The summed E-state index contributed by atoms with van der Waals surface area (Å²) in [5.41, 5.74) is 1.52. The summed E-state index contributed by atoms with van der Waals surface area (Å²) in [6, 6.07) is 3.23. The summed E-state index contributed by atoms with van der Waals surface area (Å²) < 4.78 is 30.1. The third-order valence-electron chi connectivity index (χ3n) is 2.64. The Morgan fingerprint density at radius 2 is 1.85 bits per heavy atom. The summed E-state index contributed by atoms with van der Waals surface area (Å²) in [6.07, 6.45) is 0. The second kappa shape index (κ2) is 5.76. The van der Waals surface area contributed by atoms with Gasteiger partial charge in [0.05, 0.1) is 5.02 Å². The minimum Gasteiger partial charge on any atom is -0.416 e. The van der Waals surface area contributed by atoms with Gasteiger partial charge in [-0.1, -0.05) is 34.8 Å². The van der Waals surface area contributed by atoms with Crippen LogP contribution in [0.5, 0.6) is 5.88 Å². The van der Waals surface area contributed by atoms with E-state index in [-0.39, 0.29) is 16.6 Å². The van der Waals surface area contributed by atoms with Crippen LogP contribution in [-0.4, -0.2) is 16.4 Å². The second-order valence-electron chi connectivity index (χ2n) is 4.05. The average Bonchev–Trinajstić information content (AvgIpc) is 2.61. The van der Waals surface area contributed by atoms with Gasteiger partial charge in [-0.25, -0.2) is 4.68 Å². The summed E-state index contributed by atoms with van der Waals surface area (Å²) in [6.45, 7) is -1.20. The van der Waals surface area contributed by atoms with Gasteiger partial charge in [0.25, 0.3) is 0 Å². The van der Waals surface area contributed by atoms with Crippen molar-refractivity contribution in [1.82, 2.24) is 9.78 Å². The van der Waals surface area contributed by atoms with Gasteiger partial charge in [0.2, 0.25) is 5.88 Å². The number of rotatable bonds is 3. The van der Waals surface area contributed by atoms with E-state index in [0.717, 1.165) is 10.2 Å². The molecule has 0 fully saturated rings. The molecule has 2 aromatic rings. The smallest absolute Gasteiger partial charge is 0.388 e. The summed E-state index contributed by atoms with van der Waals surface area (Å²) in [7, 11) is 1.45. The fourth-order valence-electron chi connectivity index (χ4n) is 1.71. The lowest BCUT2D eigenvalue weighted by Crippen LogP contribution is -2.06. The SMILES string of the molecule is Cc1cc(-c2nn(C)c(OC(F)F)c2Cl)c(Cl)cc1Cl. The molecule has 0 N–H and O–H groups in total. The van der Waals surface area contributed by atoms with E-state index in [9.17, 15) is 8.78 Å². The summed E-state index contributed by atoms with van der Waals surface area (Å²) in [5.74, 6) is -0.222. The van der Waals surface area contributed by atoms with Crippen LogP contribution in [0.2, 0.25) is 15.1 Å². The Hall–Kier alpha value is -1.04. The van der Waals surface area contributed by atoms with Crippen molar-refractivity contribution in [2.24, 2.45) is 7.05 Å². The monoisotopic (exact) mass is 340 g/mol. The fraction of sp³-hybridized carbons (Fsp3) is 0.250. The van der Waals surface area contributed by atoms with Crippen LogP contribution in [0.3, 0.4) is 0 Å². The number of hydrogen-bond acceptors (Lipinski definition) is 2. The quantitative estimate of drug-likeness (QED) is 0.789. The highest BCUT2D eigenvalue weighted by molar-refractivity contribution is 6.38. The van der Waals surface area contributed by atoms with Crippen LogP contribution in [0.4, 0.5) is 8.78 Å². The lowest BCUT2D eigenvalue weighted by Gasteiger charge is -2.05. The number of aromatic nitrogens is 2. The highest BCUT2D eigenvalue weighted by atomic mass is 35.5. The van der Waals surface area contributed by atoms with Crippen LogP contribution in [0, 0.1) is 6.92 Å². The van der Waals surface area contributed by atoms with E-state index in [4.69, 9.17) is 34.8 Å². The third-order valence-corrected chi connectivity index (χ3v) is 3.70. The van der Waals surface area contributed by atoms with Crippen molar-refractivity contribution >= 4 is 34.8 Å². The van der Waals surface area contributed by atoms with Crippen molar-refractivity contribution < 1.29 is 13.5 Å². The number of nitrogens with zero attached hydrogens (tertiary/aromatic N) is 2. The first kappa shape index (κ1) is 15.4. The molecule has 0 aliphatic heterocycles. The van der Waals surface area contributed by atoms with Crippen LogP contribution in [0.15, 0.2) is 12.1 Å². The zero-order valence-electron chi connectivity index (χ0n) is 10.4. The minimum absolute atomic E-state index is 0.0311. The minimum atomic E-state index is -2.99. The highest BCUT2D eigenvalue weighted by Crippen LogP contribution is 2.39. The van der Waals surface area contributed by atoms with E-state index in [0.29, 0.717) is 15.6 Å². The Morgan fingerprint density at radius 3 is 2.45 bits per heavy atom. The molecular weight excluding hydrogens is 332 g/mol. The number of alkyl halides is 2. The van der Waals surface area contributed by atoms with E-state index in [1.54, 1.807) is 19.1 Å². The van der Waals surface area contributed by atoms with Crippen LogP contribution >= 0.6 is 34.8 Å². The predicted molar refractivity (Wildman–Crippen MR) is 75.0 cm³/mol. The van der Waals surface area contributed by atoms with Crippen molar-refractivity contribution in [3.05, 3.63) is 32.8 Å². The zero-order valence-corrected chi connectivity index (χ0v) is 12.7. The summed E-state index contributed by atoms with van der Waals surface area (Å²) in [4.78, 5) is 0. The molecule has 1 aromatic carbocycles. The van der Waals surface area contributed by atoms with Crippen LogP contribution in [0.1, 0.15) is 5.56 Å². The molecule has 2 rings (SSSR count). The van der Waals surface area contributed by atoms with Gasteiger partial charge in [0.1, 0.15) is 10.7 Å². The van der Waals surface area contributed by atoms with E-state index >= 15 is 0 Å². The van der Waals surface area contributed by atoms with Crippen LogP contribution < -0.4 is 4.74 Å². The van der Waals surface area contributed by atoms with Crippen molar-refractivity contribution in [3.8, 4) is 17.1 Å². The third kappa shape index (κ3) is 2.85. The number of ether oxygens (including phenoxy) is 1. The van der Waals surface area contributed by atoms with E-state index in [1.807, 2.05) is 0 Å². The van der Waals surface area contributed by atoms with Crippen molar-refractivity contribution in [3.63, 3.8) is 0 Å². The van der Waals surface area contributed by atoms with Crippen molar-refractivity contribution in [2.45, 2.75) is 13.5 Å². The highest BCUT2D eigenvalue weighted by Gasteiger charge is 2.22. The van der Waals surface area contributed by atoms with Gasteiger partial charge in [-0.05, 0) is 24.6 Å². The maximum atomic E-state index is 12.3. The molecule has 1 aromatic heterocycles. The zero-order chi connectivity index (χ0) is 15.0. The summed E-state index contributed by atoms with van der Waals surface area (Å²) >= 11 is 18.1. The lowest BCUT2D eigenvalue weighted by atomic mass is 10.1. The molecule has 108 valence electrons. The molecule has 8 heteroatoms. The first-order valence-electron chi connectivity index (χ1n) is 5.44. The van der Waals surface area contributed by atoms with Crippen molar-refractivity contribution in [1.29, 1.82) is 0 Å². The molecule has 3 nitrogen and oxygen atoms in total. The Balaban J connectivity index is 2.57. The molecule has 0 bridgehead atoms.